The molecule has 4 heterocycles. The van der Waals surface area contributed by atoms with Crippen LogP contribution in [0.2, 0.25) is 0 Å². The second kappa shape index (κ2) is 7.16. The number of nitrogens with one attached hydrogen (secondary N) is 1. The van der Waals surface area contributed by atoms with Crippen LogP contribution in [0.3, 0.4) is 0 Å². The zero-order valence-corrected chi connectivity index (χ0v) is 17.3. The Labute approximate surface area is 170 Å². The fourth-order valence-electron chi connectivity index (χ4n) is 4.35. The Morgan fingerprint density at radius 1 is 1.31 bits per heavy atom. The predicted molar refractivity (Wildman–Crippen MR) is 106 cm³/mol. The topological polar surface area (TPSA) is 90.0 Å². The summed E-state index contributed by atoms with van der Waals surface area (Å²) in [6, 6.07) is 3.63. The number of rotatable bonds is 4. The molecule has 1 N–H and O–H groups in total. The molecule has 29 heavy (non-hydrogen) atoms. The third kappa shape index (κ3) is 4.17. The summed E-state index contributed by atoms with van der Waals surface area (Å²) < 4.78 is 17.1. The minimum Gasteiger partial charge on any atom is -0.480 e. The Bertz CT molecular complexity index is 779. The minimum absolute atomic E-state index is 0.0372. The van der Waals surface area contributed by atoms with Gasteiger partial charge in [0.1, 0.15) is 5.60 Å². The van der Waals surface area contributed by atoms with Crippen LogP contribution in [-0.4, -0.2) is 53.5 Å². The average molecular weight is 403 g/mol. The van der Waals surface area contributed by atoms with Crippen molar-refractivity contribution in [2.24, 2.45) is 0 Å². The molecule has 8 heteroatoms. The molecule has 5 rings (SSSR count). The van der Waals surface area contributed by atoms with Gasteiger partial charge in [-0.1, -0.05) is 0 Å². The molecule has 158 valence electrons. The molecule has 0 radical (unpaired) electrons. The van der Waals surface area contributed by atoms with Gasteiger partial charge in [-0.15, -0.1) is 0 Å². The summed E-state index contributed by atoms with van der Waals surface area (Å²) in [7, 11) is 0. The molecule has 1 saturated carbocycles. The van der Waals surface area contributed by atoms with Crippen molar-refractivity contribution in [3.63, 3.8) is 0 Å². The van der Waals surface area contributed by atoms with Crippen LogP contribution in [-0.2, 0) is 14.3 Å². The first-order valence-corrected chi connectivity index (χ1v) is 10.2. The molecule has 0 unspecified atom stereocenters. The number of nitrogens with zero attached hydrogens (tertiary/aromatic N) is 2. The number of carbonyl (C=O) groups is 2. The SMILES string of the molecule is CC(C)(C)OC(=O)NC12CCC(CCN3C(=O)COc4cccnc43)(CC1)OC2. The highest BCUT2D eigenvalue weighted by Gasteiger charge is 2.51. The van der Waals surface area contributed by atoms with Crippen molar-refractivity contribution >= 4 is 17.8 Å². The summed E-state index contributed by atoms with van der Waals surface area (Å²) in [6.45, 7) is 6.61. The zero-order valence-electron chi connectivity index (χ0n) is 17.3. The lowest BCUT2D eigenvalue weighted by Crippen LogP contribution is -2.63. The van der Waals surface area contributed by atoms with E-state index in [1.54, 1.807) is 17.2 Å². The largest absolute Gasteiger partial charge is 0.480 e. The van der Waals surface area contributed by atoms with Gasteiger partial charge in [0, 0.05) is 12.7 Å². The van der Waals surface area contributed by atoms with E-state index in [2.05, 4.69) is 10.3 Å². The first-order chi connectivity index (χ1) is 13.7. The number of aromatic nitrogens is 1. The molecule has 2 saturated heterocycles. The Hall–Kier alpha value is -2.35. The molecule has 1 aromatic heterocycles. The molecule has 0 atom stereocenters. The second-order valence-corrected chi connectivity index (χ2v) is 9.29. The van der Waals surface area contributed by atoms with Crippen molar-refractivity contribution in [2.45, 2.75) is 69.6 Å². The van der Waals surface area contributed by atoms with Gasteiger partial charge in [0.05, 0.1) is 17.7 Å². The van der Waals surface area contributed by atoms with Gasteiger partial charge in [0.2, 0.25) is 0 Å². The van der Waals surface area contributed by atoms with E-state index in [-0.39, 0.29) is 23.7 Å². The molecular formula is C21H29N3O5. The molecular weight excluding hydrogens is 374 g/mol. The summed E-state index contributed by atoms with van der Waals surface area (Å²) in [5, 5.41) is 3.04. The lowest BCUT2D eigenvalue weighted by atomic mass is 9.70. The van der Waals surface area contributed by atoms with Gasteiger partial charge in [-0.2, -0.15) is 0 Å². The Morgan fingerprint density at radius 2 is 2.07 bits per heavy atom. The van der Waals surface area contributed by atoms with Crippen molar-refractivity contribution in [2.75, 3.05) is 24.7 Å². The van der Waals surface area contributed by atoms with Crippen LogP contribution in [0, 0.1) is 0 Å². The highest BCUT2D eigenvalue weighted by molar-refractivity contribution is 5.96. The van der Waals surface area contributed by atoms with Crippen molar-refractivity contribution in [1.82, 2.24) is 10.3 Å². The standard InChI is InChI=1S/C21H29N3O5/c1-19(2,3)29-18(26)23-20-6-8-21(9-7-20,28-14-20)10-12-24-16(25)13-27-15-5-4-11-22-17(15)24/h4-5,11H,6-10,12-14H2,1-3H3,(H,23,26). The Morgan fingerprint density at radius 3 is 2.72 bits per heavy atom. The second-order valence-electron chi connectivity index (χ2n) is 9.29. The number of amides is 2. The number of hydrogen-bond acceptors (Lipinski definition) is 6. The molecule has 1 aliphatic carbocycles. The van der Waals surface area contributed by atoms with Crippen molar-refractivity contribution in [1.29, 1.82) is 0 Å². The smallest absolute Gasteiger partial charge is 0.408 e. The van der Waals surface area contributed by atoms with Gasteiger partial charge in [-0.3, -0.25) is 9.69 Å². The van der Waals surface area contributed by atoms with E-state index < -0.39 is 11.7 Å². The first kappa shape index (κ1) is 19.9. The van der Waals surface area contributed by atoms with Gasteiger partial charge >= 0.3 is 6.09 Å². The molecule has 0 spiro atoms. The van der Waals surface area contributed by atoms with Gasteiger partial charge < -0.3 is 19.5 Å². The van der Waals surface area contributed by atoms with Crippen LogP contribution in [0.25, 0.3) is 0 Å². The lowest BCUT2D eigenvalue weighted by Gasteiger charge is -2.53. The zero-order chi connectivity index (χ0) is 20.7. The van der Waals surface area contributed by atoms with Gasteiger partial charge in [0.25, 0.3) is 5.91 Å². The average Bonchev–Trinajstić information content (AvgIpc) is 2.67. The van der Waals surface area contributed by atoms with Crippen LogP contribution in [0.1, 0.15) is 52.9 Å². The van der Waals surface area contributed by atoms with E-state index in [9.17, 15) is 9.59 Å². The van der Waals surface area contributed by atoms with Crippen LogP contribution in [0.15, 0.2) is 18.3 Å². The van der Waals surface area contributed by atoms with Crippen molar-refractivity contribution < 1.29 is 23.8 Å². The highest BCUT2D eigenvalue weighted by Crippen LogP contribution is 2.46. The first-order valence-electron chi connectivity index (χ1n) is 10.2. The highest BCUT2D eigenvalue weighted by atomic mass is 16.6. The quantitative estimate of drug-likeness (QED) is 0.831. The predicted octanol–water partition coefficient (Wildman–Crippen LogP) is 2.80. The normalized spacial score (nSPS) is 28.5. The molecule has 4 aliphatic rings. The number of hydrogen-bond donors (Lipinski definition) is 1. The Kier molecular flexibility index (Phi) is 4.93. The number of ether oxygens (including phenoxy) is 3. The number of carbonyl (C=O) groups excluding carboxylic acids is 2. The molecule has 2 amide bonds. The maximum absolute atomic E-state index is 12.4. The van der Waals surface area contributed by atoms with Gasteiger partial charge in [-0.25, -0.2) is 9.78 Å². The summed E-state index contributed by atoms with van der Waals surface area (Å²) in [5.41, 5.74) is -1.14. The monoisotopic (exact) mass is 403 g/mol. The van der Waals surface area contributed by atoms with E-state index in [0.29, 0.717) is 24.7 Å². The van der Waals surface area contributed by atoms with Crippen molar-refractivity contribution in [3.8, 4) is 5.75 Å². The summed E-state index contributed by atoms with van der Waals surface area (Å²) in [4.78, 5) is 30.6. The fourth-order valence-corrected chi connectivity index (χ4v) is 4.35. The number of fused-ring (bicyclic) bond motifs is 4. The van der Waals surface area contributed by atoms with Gasteiger partial charge in [0.15, 0.2) is 18.2 Å². The van der Waals surface area contributed by atoms with Crippen LogP contribution >= 0.6 is 0 Å². The molecule has 3 fully saturated rings. The van der Waals surface area contributed by atoms with Crippen LogP contribution in [0.4, 0.5) is 10.6 Å². The van der Waals surface area contributed by atoms with E-state index in [1.807, 2.05) is 26.8 Å². The summed E-state index contributed by atoms with van der Waals surface area (Å²) >= 11 is 0. The lowest BCUT2D eigenvalue weighted by molar-refractivity contribution is -0.163. The number of anilines is 1. The minimum atomic E-state index is -0.524. The van der Waals surface area contributed by atoms with Crippen molar-refractivity contribution in [3.05, 3.63) is 18.3 Å². The van der Waals surface area contributed by atoms with Crippen LogP contribution in [0.5, 0.6) is 5.75 Å². The van der Waals surface area contributed by atoms with E-state index in [1.165, 1.54) is 0 Å². The van der Waals surface area contributed by atoms with Crippen LogP contribution < -0.4 is 15.0 Å². The van der Waals surface area contributed by atoms with E-state index >= 15 is 0 Å². The molecule has 3 aliphatic heterocycles. The third-order valence-corrected chi connectivity index (χ3v) is 5.99. The van der Waals surface area contributed by atoms with E-state index in [4.69, 9.17) is 14.2 Å². The van der Waals surface area contributed by atoms with Gasteiger partial charge in [-0.05, 0) is 65.0 Å². The number of alkyl carbamates (subject to hydrolysis) is 1. The molecule has 8 nitrogen and oxygen atoms in total. The third-order valence-electron chi connectivity index (χ3n) is 5.99. The molecule has 0 aromatic carbocycles. The summed E-state index contributed by atoms with van der Waals surface area (Å²) in [6.07, 6.45) is 5.39. The molecule has 2 bridgehead atoms. The maximum atomic E-state index is 12.4. The summed E-state index contributed by atoms with van der Waals surface area (Å²) in [5.74, 6) is 1.13. The number of pyridine rings is 1. The Balaban J connectivity index is 1.36. The molecule has 1 aromatic rings. The maximum Gasteiger partial charge on any atom is 0.408 e. The van der Waals surface area contributed by atoms with E-state index in [0.717, 1.165) is 32.1 Å². The fraction of sp³-hybridized carbons (Fsp3) is 0.667.